The minimum absolute atomic E-state index is 0.0793. The van der Waals surface area contributed by atoms with E-state index in [-0.39, 0.29) is 5.91 Å². The molecule has 3 rings (SSSR count). The number of hydrogen-bond donors (Lipinski definition) is 1. The van der Waals surface area contributed by atoms with E-state index in [0.29, 0.717) is 54.7 Å². The fourth-order valence-electron chi connectivity index (χ4n) is 2.86. The average Bonchev–Trinajstić information content (AvgIpc) is 2.90. The highest BCUT2D eigenvalue weighted by atomic mass is 16.5. The quantitative estimate of drug-likeness (QED) is 0.858. The number of hydrogen-bond acceptors (Lipinski definition) is 5. The number of benzene rings is 2. The largest absolute Gasteiger partial charge is 0.493 e. The van der Waals surface area contributed by atoms with Gasteiger partial charge >= 0.3 is 0 Å². The molecule has 6 nitrogen and oxygen atoms in total. The first-order valence-electron chi connectivity index (χ1n) is 8.60. The van der Waals surface area contributed by atoms with Gasteiger partial charge in [0, 0.05) is 24.6 Å². The first-order valence-corrected chi connectivity index (χ1v) is 8.60. The summed E-state index contributed by atoms with van der Waals surface area (Å²) < 4.78 is 21.9. The van der Waals surface area contributed by atoms with E-state index in [1.165, 1.54) is 0 Å². The third-order valence-corrected chi connectivity index (χ3v) is 4.14. The number of aryl methyl sites for hydroxylation is 1. The molecule has 0 fully saturated rings. The molecule has 0 bridgehead atoms. The topological polar surface area (TPSA) is 66.0 Å². The van der Waals surface area contributed by atoms with Crippen LogP contribution in [0.15, 0.2) is 36.4 Å². The molecule has 2 aromatic carbocycles. The van der Waals surface area contributed by atoms with Crippen molar-refractivity contribution in [1.82, 2.24) is 0 Å². The molecule has 0 unspecified atom stereocenters. The minimum atomic E-state index is -0.0793. The molecule has 1 aliphatic heterocycles. The number of ether oxygens (including phenoxy) is 4. The fraction of sp³-hybridized carbons (Fsp3) is 0.350. The zero-order valence-corrected chi connectivity index (χ0v) is 15.0. The summed E-state index contributed by atoms with van der Waals surface area (Å²) in [6.07, 6.45) is 1.73. The molecule has 6 heteroatoms. The molecule has 2 aromatic rings. The van der Waals surface area contributed by atoms with Gasteiger partial charge in [-0.3, -0.25) is 4.79 Å². The number of para-hydroxylation sites is 1. The number of carbonyl (C=O) groups is 1. The lowest BCUT2D eigenvalue weighted by atomic mass is 10.1. The smallest absolute Gasteiger partial charge is 0.224 e. The van der Waals surface area contributed by atoms with Crippen molar-refractivity contribution < 1.29 is 23.7 Å². The molecule has 1 aliphatic rings. The van der Waals surface area contributed by atoms with Gasteiger partial charge in [0.1, 0.15) is 0 Å². The molecule has 1 N–H and O–H groups in total. The Balaban J connectivity index is 1.62. The summed E-state index contributed by atoms with van der Waals surface area (Å²) in [5.74, 6) is 2.62. The van der Waals surface area contributed by atoms with Gasteiger partial charge in [0.2, 0.25) is 5.91 Å². The normalized spacial score (nSPS) is 12.8. The number of methoxy groups -OCH3 is 2. The van der Waals surface area contributed by atoms with Crippen molar-refractivity contribution in [2.45, 2.75) is 19.3 Å². The molecule has 0 aromatic heterocycles. The molecule has 0 spiro atoms. The molecule has 1 heterocycles. The Morgan fingerprint density at radius 1 is 1.08 bits per heavy atom. The number of anilines is 1. The number of nitrogens with one attached hydrogen (secondary N) is 1. The van der Waals surface area contributed by atoms with Crippen LogP contribution < -0.4 is 24.3 Å². The Bertz CT molecular complexity index is 775. The Labute approximate surface area is 153 Å². The van der Waals surface area contributed by atoms with Crippen molar-refractivity contribution in [3.63, 3.8) is 0 Å². The third-order valence-electron chi connectivity index (χ3n) is 4.14. The number of fused-ring (bicyclic) bond motifs is 1. The van der Waals surface area contributed by atoms with Crippen LogP contribution in [0.2, 0.25) is 0 Å². The average molecular weight is 357 g/mol. The van der Waals surface area contributed by atoms with E-state index in [4.69, 9.17) is 18.9 Å². The second kappa shape index (κ2) is 8.47. The Kier molecular flexibility index (Phi) is 5.84. The van der Waals surface area contributed by atoms with Gasteiger partial charge in [-0.25, -0.2) is 0 Å². The molecular weight excluding hydrogens is 334 g/mol. The van der Waals surface area contributed by atoms with Gasteiger partial charge in [0.05, 0.1) is 27.4 Å². The fourth-order valence-corrected chi connectivity index (χ4v) is 2.86. The van der Waals surface area contributed by atoms with E-state index in [9.17, 15) is 4.79 Å². The van der Waals surface area contributed by atoms with E-state index < -0.39 is 0 Å². The number of rotatable bonds is 6. The first kappa shape index (κ1) is 17.9. The van der Waals surface area contributed by atoms with Gasteiger partial charge in [0.15, 0.2) is 23.0 Å². The van der Waals surface area contributed by atoms with Crippen LogP contribution >= 0.6 is 0 Å². The highest BCUT2D eigenvalue weighted by Crippen LogP contribution is 2.33. The SMILES string of the molecule is COc1cccc(CCC(=O)Nc2ccc3c(c2)OCCCO3)c1OC. The molecular formula is C20H23NO5. The van der Waals surface area contributed by atoms with Crippen LogP contribution in [0.3, 0.4) is 0 Å². The van der Waals surface area contributed by atoms with Crippen molar-refractivity contribution in [2.24, 2.45) is 0 Å². The maximum Gasteiger partial charge on any atom is 0.224 e. The summed E-state index contributed by atoms with van der Waals surface area (Å²) in [6.45, 7) is 1.25. The van der Waals surface area contributed by atoms with Crippen molar-refractivity contribution >= 4 is 11.6 Å². The summed E-state index contributed by atoms with van der Waals surface area (Å²) >= 11 is 0. The van der Waals surface area contributed by atoms with Gasteiger partial charge in [-0.1, -0.05) is 12.1 Å². The summed E-state index contributed by atoms with van der Waals surface area (Å²) in [7, 11) is 3.19. The number of amides is 1. The highest BCUT2D eigenvalue weighted by Gasteiger charge is 2.14. The van der Waals surface area contributed by atoms with Gasteiger partial charge in [-0.15, -0.1) is 0 Å². The minimum Gasteiger partial charge on any atom is -0.493 e. The lowest BCUT2D eigenvalue weighted by molar-refractivity contribution is -0.116. The van der Waals surface area contributed by atoms with Gasteiger partial charge in [-0.05, 0) is 30.2 Å². The molecule has 0 atom stereocenters. The monoisotopic (exact) mass is 357 g/mol. The Morgan fingerprint density at radius 2 is 1.88 bits per heavy atom. The standard InChI is InChI=1S/C20H23NO5/c1-23-17-6-3-5-14(20(17)24-2)7-10-19(22)21-15-8-9-16-18(13-15)26-12-4-11-25-16/h3,5-6,8-9,13H,4,7,10-12H2,1-2H3,(H,21,22). The second-order valence-corrected chi connectivity index (χ2v) is 5.91. The molecule has 0 aliphatic carbocycles. The second-order valence-electron chi connectivity index (χ2n) is 5.91. The Hall–Kier alpha value is -2.89. The van der Waals surface area contributed by atoms with Crippen molar-refractivity contribution in [3.8, 4) is 23.0 Å². The molecule has 138 valence electrons. The van der Waals surface area contributed by atoms with E-state index in [1.54, 1.807) is 20.3 Å². The van der Waals surface area contributed by atoms with Crippen molar-refractivity contribution in [1.29, 1.82) is 0 Å². The molecule has 26 heavy (non-hydrogen) atoms. The number of carbonyl (C=O) groups excluding carboxylic acids is 1. The maximum absolute atomic E-state index is 12.3. The summed E-state index contributed by atoms with van der Waals surface area (Å²) in [5.41, 5.74) is 1.62. The lowest BCUT2D eigenvalue weighted by Gasteiger charge is -2.13. The van der Waals surface area contributed by atoms with E-state index >= 15 is 0 Å². The van der Waals surface area contributed by atoms with Crippen LogP contribution in [0.4, 0.5) is 5.69 Å². The first-order chi connectivity index (χ1) is 12.7. The van der Waals surface area contributed by atoms with Crippen LogP contribution in [-0.4, -0.2) is 33.3 Å². The van der Waals surface area contributed by atoms with Crippen molar-refractivity contribution in [2.75, 3.05) is 32.8 Å². The van der Waals surface area contributed by atoms with Crippen LogP contribution in [0, 0.1) is 0 Å². The molecule has 1 amide bonds. The molecule has 0 saturated carbocycles. The van der Waals surface area contributed by atoms with Crippen molar-refractivity contribution in [3.05, 3.63) is 42.0 Å². The summed E-state index contributed by atoms with van der Waals surface area (Å²) in [6, 6.07) is 11.1. The van der Waals surface area contributed by atoms with Crippen LogP contribution in [-0.2, 0) is 11.2 Å². The van der Waals surface area contributed by atoms with Gasteiger partial charge in [-0.2, -0.15) is 0 Å². The predicted octanol–water partition coefficient (Wildman–Crippen LogP) is 3.44. The molecule has 0 saturated heterocycles. The zero-order valence-electron chi connectivity index (χ0n) is 15.0. The van der Waals surface area contributed by atoms with Crippen LogP contribution in [0.5, 0.6) is 23.0 Å². The Morgan fingerprint density at radius 3 is 2.65 bits per heavy atom. The molecule has 0 radical (unpaired) electrons. The van der Waals surface area contributed by atoms with Crippen LogP contribution in [0.1, 0.15) is 18.4 Å². The summed E-state index contributed by atoms with van der Waals surface area (Å²) in [4.78, 5) is 12.3. The lowest BCUT2D eigenvalue weighted by Crippen LogP contribution is -2.12. The zero-order chi connectivity index (χ0) is 18.4. The maximum atomic E-state index is 12.3. The highest BCUT2D eigenvalue weighted by molar-refractivity contribution is 5.91. The van der Waals surface area contributed by atoms with Gasteiger partial charge < -0.3 is 24.3 Å². The van der Waals surface area contributed by atoms with E-state index in [0.717, 1.165) is 12.0 Å². The summed E-state index contributed by atoms with van der Waals surface area (Å²) in [5, 5.41) is 2.90. The van der Waals surface area contributed by atoms with Gasteiger partial charge in [0.25, 0.3) is 0 Å². The third kappa shape index (κ3) is 4.20. The van der Waals surface area contributed by atoms with E-state index in [1.807, 2.05) is 30.3 Å². The van der Waals surface area contributed by atoms with Crippen LogP contribution in [0.25, 0.3) is 0 Å². The predicted molar refractivity (Wildman–Crippen MR) is 98.5 cm³/mol. The van der Waals surface area contributed by atoms with E-state index in [2.05, 4.69) is 5.32 Å².